The Morgan fingerprint density at radius 2 is 1.96 bits per heavy atom. The van der Waals surface area contributed by atoms with Gasteiger partial charge in [0.2, 0.25) is 10.0 Å². The first-order valence-corrected chi connectivity index (χ1v) is 10.5. The number of benzene rings is 1. The summed E-state index contributed by atoms with van der Waals surface area (Å²) in [6.45, 7) is 2.34. The second kappa shape index (κ2) is 7.73. The molecule has 0 atom stereocenters. The highest BCUT2D eigenvalue weighted by Gasteiger charge is 2.16. The number of aromatic nitrogens is 1. The molecule has 0 radical (unpaired) electrons. The second-order valence-electron chi connectivity index (χ2n) is 6.09. The lowest BCUT2D eigenvalue weighted by molar-refractivity contribution is 0.0950. The van der Waals surface area contributed by atoms with Gasteiger partial charge in [-0.05, 0) is 58.6 Å². The molecule has 1 amide bonds. The van der Waals surface area contributed by atoms with E-state index in [0.717, 1.165) is 24.5 Å². The van der Waals surface area contributed by atoms with Gasteiger partial charge in [-0.15, -0.1) is 0 Å². The van der Waals surface area contributed by atoms with Gasteiger partial charge in [-0.1, -0.05) is 6.07 Å². The van der Waals surface area contributed by atoms with Gasteiger partial charge in [0.1, 0.15) is 5.82 Å². The fourth-order valence-corrected chi connectivity index (χ4v) is 3.75. The monoisotopic (exact) mass is 438 g/mol. The molecule has 0 aliphatic carbocycles. The first-order chi connectivity index (χ1) is 12.3. The van der Waals surface area contributed by atoms with Gasteiger partial charge < -0.3 is 10.2 Å². The van der Waals surface area contributed by atoms with Gasteiger partial charge >= 0.3 is 0 Å². The number of carbonyl (C=O) groups is 1. The average molecular weight is 439 g/mol. The Kier molecular flexibility index (Phi) is 5.59. The predicted molar refractivity (Wildman–Crippen MR) is 102 cm³/mol. The molecule has 2 aromatic rings. The summed E-state index contributed by atoms with van der Waals surface area (Å²) in [5, 5.41) is 7.89. The first-order valence-electron chi connectivity index (χ1n) is 8.15. The molecular formula is C17H19BrN4O3S. The quantitative estimate of drug-likeness (QED) is 0.742. The number of rotatable bonds is 5. The van der Waals surface area contributed by atoms with E-state index in [1.807, 2.05) is 12.1 Å². The Hall–Kier alpha value is -1.97. The molecule has 1 saturated heterocycles. The molecule has 138 valence electrons. The number of amides is 1. The number of halogens is 1. The number of pyridine rings is 1. The third kappa shape index (κ3) is 4.40. The summed E-state index contributed by atoms with van der Waals surface area (Å²) in [6, 6.07) is 7.96. The summed E-state index contributed by atoms with van der Waals surface area (Å²) in [5.41, 5.74) is 1.07. The van der Waals surface area contributed by atoms with Crippen molar-refractivity contribution in [3.63, 3.8) is 0 Å². The van der Waals surface area contributed by atoms with Crippen LogP contribution in [0.5, 0.6) is 0 Å². The number of hydrogen-bond acceptors (Lipinski definition) is 5. The number of hydrogen-bond donors (Lipinski definition) is 2. The van der Waals surface area contributed by atoms with Crippen molar-refractivity contribution in [3.8, 4) is 0 Å². The van der Waals surface area contributed by atoms with Crippen molar-refractivity contribution in [1.29, 1.82) is 0 Å². The minimum absolute atomic E-state index is 0.109. The van der Waals surface area contributed by atoms with E-state index in [1.165, 1.54) is 31.0 Å². The largest absolute Gasteiger partial charge is 0.357 e. The molecule has 9 heteroatoms. The summed E-state index contributed by atoms with van der Waals surface area (Å²) in [7, 11) is -3.87. The Labute approximate surface area is 160 Å². The molecule has 7 nitrogen and oxygen atoms in total. The van der Waals surface area contributed by atoms with Crippen LogP contribution in [0.3, 0.4) is 0 Å². The van der Waals surface area contributed by atoms with E-state index in [0.29, 0.717) is 4.47 Å². The lowest BCUT2D eigenvalue weighted by atomic mass is 10.2. The van der Waals surface area contributed by atoms with Crippen molar-refractivity contribution in [2.45, 2.75) is 24.3 Å². The normalized spacial score (nSPS) is 14.5. The summed E-state index contributed by atoms with van der Waals surface area (Å²) in [6.07, 6.45) is 4.11. The number of nitrogens with zero attached hydrogens (tertiary/aromatic N) is 2. The van der Waals surface area contributed by atoms with Crippen molar-refractivity contribution in [2.75, 3.05) is 18.0 Å². The lowest BCUT2D eigenvalue weighted by Crippen LogP contribution is -2.24. The highest BCUT2D eigenvalue weighted by molar-refractivity contribution is 9.10. The SMILES string of the molecule is NS(=O)(=O)c1ccc(Br)c(C(=O)NCc2ccc(N3CCCC3)nc2)c1. The van der Waals surface area contributed by atoms with Gasteiger partial charge in [-0.2, -0.15) is 0 Å². The third-order valence-electron chi connectivity index (χ3n) is 4.20. The minimum Gasteiger partial charge on any atom is -0.357 e. The number of primary sulfonamides is 1. The van der Waals surface area contributed by atoms with Crippen LogP contribution in [0, 0.1) is 0 Å². The smallest absolute Gasteiger partial charge is 0.252 e. The second-order valence-corrected chi connectivity index (χ2v) is 8.50. The standard InChI is InChI=1S/C17H19BrN4O3S/c18-15-5-4-13(26(19,24)25)9-14(15)17(23)21-11-12-3-6-16(20-10-12)22-7-1-2-8-22/h3-6,9-10H,1-2,7-8,11H2,(H,21,23)(H2,19,24,25). The number of nitrogens with one attached hydrogen (secondary N) is 1. The minimum atomic E-state index is -3.87. The van der Waals surface area contributed by atoms with Crippen LogP contribution in [-0.4, -0.2) is 32.4 Å². The van der Waals surface area contributed by atoms with Gasteiger partial charge in [-0.3, -0.25) is 4.79 Å². The first kappa shape index (κ1) is 18.8. The number of anilines is 1. The van der Waals surface area contributed by atoms with Crippen LogP contribution < -0.4 is 15.4 Å². The molecule has 26 heavy (non-hydrogen) atoms. The Morgan fingerprint density at radius 3 is 2.58 bits per heavy atom. The van der Waals surface area contributed by atoms with Crippen LogP contribution in [0.4, 0.5) is 5.82 Å². The van der Waals surface area contributed by atoms with E-state index in [2.05, 4.69) is 31.1 Å². The zero-order valence-electron chi connectivity index (χ0n) is 14.0. The molecule has 1 aliphatic heterocycles. The molecule has 0 bridgehead atoms. The number of sulfonamides is 1. The molecule has 3 N–H and O–H groups in total. The summed E-state index contributed by atoms with van der Waals surface area (Å²) < 4.78 is 23.4. The molecule has 0 saturated carbocycles. The zero-order valence-corrected chi connectivity index (χ0v) is 16.4. The van der Waals surface area contributed by atoms with Crippen LogP contribution in [0.25, 0.3) is 0 Å². The number of nitrogens with two attached hydrogens (primary N) is 1. The van der Waals surface area contributed by atoms with Crippen LogP contribution in [0.15, 0.2) is 45.9 Å². The van der Waals surface area contributed by atoms with Crippen molar-refractivity contribution in [1.82, 2.24) is 10.3 Å². The van der Waals surface area contributed by atoms with Crippen LogP contribution in [-0.2, 0) is 16.6 Å². The topological polar surface area (TPSA) is 105 Å². The Bertz CT molecular complexity index is 910. The van der Waals surface area contributed by atoms with Crippen molar-refractivity contribution < 1.29 is 13.2 Å². The van der Waals surface area contributed by atoms with Gasteiger partial charge in [0.15, 0.2) is 0 Å². The lowest BCUT2D eigenvalue weighted by Gasteiger charge is -2.16. The van der Waals surface area contributed by atoms with Crippen molar-refractivity contribution in [2.24, 2.45) is 5.14 Å². The maximum absolute atomic E-state index is 12.4. The Balaban J connectivity index is 1.67. The maximum atomic E-state index is 12.4. The van der Waals surface area contributed by atoms with Crippen LogP contribution >= 0.6 is 15.9 Å². The highest BCUT2D eigenvalue weighted by Crippen LogP contribution is 2.21. The van der Waals surface area contributed by atoms with E-state index in [-0.39, 0.29) is 17.0 Å². The van der Waals surface area contributed by atoms with Crippen molar-refractivity contribution in [3.05, 3.63) is 52.1 Å². The Morgan fingerprint density at radius 1 is 1.23 bits per heavy atom. The summed E-state index contributed by atoms with van der Waals surface area (Å²) >= 11 is 3.26. The van der Waals surface area contributed by atoms with E-state index >= 15 is 0 Å². The van der Waals surface area contributed by atoms with Gasteiger partial charge in [-0.25, -0.2) is 18.5 Å². The molecule has 1 aromatic carbocycles. The zero-order chi connectivity index (χ0) is 18.7. The van der Waals surface area contributed by atoms with E-state index in [1.54, 1.807) is 6.20 Å². The summed E-state index contributed by atoms with van der Waals surface area (Å²) in [5.74, 6) is 0.548. The third-order valence-corrected chi connectivity index (χ3v) is 5.81. The van der Waals surface area contributed by atoms with E-state index < -0.39 is 15.9 Å². The fourth-order valence-electron chi connectivity index (χ4n) is 2.79. The van der Waals surface area contributed by atoms with E-state index in [4.69, 9.17) is 5.14 Å². The van der Waals surface area contributed by atoms with Crippen LogP contribution in [0.2, 0.25) is 0 Å². The maximum Gasteiger partial charge on any atom is 0.252 e. The molecule has 1 fully saturated rings. The highest BCUT2D eigenvalue weighted by atomic mass is 79.9. The molecule has 1 aliphatic rings. The van der Waals surface area contributed by atoms with Gasteiger partial charge in [0.25, 0.3) is 5.91 Å². The molecule has 2 heterocycles. The van der Waals surface area contributed by atoms with Gasteiger partial charge in [0, 0.05) is 30.3 Å². The number of carbonyl (C=O) groups excluding carboxylic acids is 1. The summed E-state index contributed by atoms with van der Waals surface area (Å²) in [4.78, 5) is 19.0. The molecule has 3 rings (SSSR count). The van der Waals surface area contributed by atoms with Crippen molar-refractivity contribution >= 4 is 37.7 Å². The fraction of sp³-hybridized carbons (Fsp3) is 0.294. The molecule has 1 aromatic heterocycles. The van der Waals surface area contributed by atoms with Gasteiger partial charge in [0.05, 0.1) is 10.5 Å². The van der Waals surface area contributed by atoms with Crippen LogP contribution in [0.1, 0.15) is 28.8 Å². The average Bonchev–Trinajstić information content (AvgIpc) is 3.14. The molecular weight excluding hydrogens is 420 g/mol. The van der Waals surface area contributed by atoms with E-state index in [9.17, 15) is 13.2 Å². The predicted octanol–water partition coefficient (Wildman–Crippen LogP) is 2.02. The molecule has 0 spiro atoms. The molecule has 0 unspecified atom stereocenters.